The fourth-order valence-electron chi connectivity index (χ4n) is 4.39. The van der Waals surface area contributed by atoms with Crippen LogP contribution in [-0.2, 0) is 6.42 Å². The predicted octanol–water partition coefficient (Wildman–Crippen LogP) is 4.64. The van der Waals surface area contributed by atoms with Crippen molar-refractivity contribution < 1.29 is 14.0 Å². The van der Waals surface area contributed by atoms with Crippen molar-refractivity contribution in [3.8, 4) is 0 Å². The highest BCUT2D eigenvalue weighted by Crippen LogP contribution is 2.31. The number of nitrogens with one attached hydrogen (secondary N) is 1. The van der Waals surface area contributed by atoms with Crippen molar-refractivity contribution in [1.29, 1.82) is 0 Å². The zero-order valence-electron chi connectivity index (χ0n) is 17.2. The van der Waals surface area contributed by atoms with Gasteiger partial charge in [0.1, 0.15) is 11.2 Å². The molecular weight excluding hydrogens is 366 g/mol. The molecule has 1 fully saturated rings. The van der Waals surface area contributed by atoms with Crippen LogP contribution >= 0.6 is 0 Å². The van der Waals surface area contributed by atoms with E-state index in [1.54, 1.807) is 6.92 Å². The number of hydrogen-bond acceptors (Lipinski definition) is 4. The van der Waals surface area contributed by atoms with E-state index in [0.29, 0.717) is 24.3 Å². The molecule has 29 heavy (non-hydrogen) atoms. The van der Waals surface area contributed by atoms with Gasteiger partial charge in [-0.3, -0.25) is 9.59 Å². The molecule has 2 aromatic heterocycles. The second-order valence-electron chi connectivity index (χ2n) is 7.87. The van der Waals surface area contributed by atoms with E-state index in [0.717, 1.165) is 53.9 Å². The summed E-state index contributed by atoms with van der Waals surface area (Å²) < 4.78 is 5.93. The summed E-state index contributed by atoms with van der Waals surface area (Å²) in [6.07, 6.45) is 3.25. The Kier molecular flexibility index (Phi) is 5.26. The highest BCUT2D eigenvalue weighted by molar-refractivity contribution is 6.02. The van der Waals surface area contributed by atoms with Crippen molar-refractivity contribution in [2.75, 3.05) is 13.1 Å². The van der Waals surface area contributed by atoms with E-state index in [2.05, 4.69) is 16.9 Å². The molecule has 1 amide bonds. The maximum Gasteiger partial charge on any atom is 0.270 e. The van der Waals surface area contributed by atoms with Gasteiger partial charge < -0.3 is 14.3 Å². The molecule has 1 N–H and O–H groups in total. The number of carbonyl (C=O) groups excluding carboxylic acids is 2. The largest absolute Gasteiger partial charge is 0.440 e. The third-order valence-corrected chi connectivity index (χ3v) is 5.80. The van der Waals surface area contributed by atoms with Crippen LogP contribution in [0.2, 0.25) is 0 Å². The van der Waals surface area contributed by atoms with Crippen molar-refractivity contribution in [2.45, 2.75) is 52.4 Å². The van der Waals surface area contributed by atoms with Gasteiger partial charge in [0.25, 0.3) is 5.91 Å². The number of aromatic amines is 1. The molecule has 1 aliphatic rings. The smallest absolute Gasteiger partial charge is 0.270 e. The number of aryl methyl sites for hydroxylation is 1. The third kappa shape index (κ3) is 3.59. The lowest BCUT2D eigenvalue weighted by Crippen LogP contribution is -2.38. The molecule has 3 heterocycles. The minimum Gasteiger partial charge on any atom is -0.440 e. The summed E-state index contributed by atoms with van der Waals surface area (Å²) in [4.78, 5) is 35.0. The first kappa shape index (κ1) is 19.4. The number of likely N-dealkylation sites (tertiary alicyclic amines) is 1. The van der Waals surface area contributed by atoms with Crippen molar-refractivity contribution in [1.82, 2.24) is 14.9 Å². The van der Waals surface area contributed by atoms with Gasteiger partial charge in [-0.25, -0.2) is 4.98 Å². The van der Waals surface area contributed by atoms with Crippen molar-refractivity contribution in [3.63, 3.8) is 0 Å². The number of Topliss-reactive ketones (excluding diaryl/α,β-unsaturated/α-hetero) is 1. The first-order valence-electron chi connectivity index (χ1n) is 10.4. The van der Waals surface area contributed by atoms with Gasteiger partial charge in [0.2, 0.25) is 0 Å². The van der Waals surface area contributed by atoms with E-state index in [9.17, 15) is 9.59 Å². The van der Waals surface area contributed by atoms with Crippen LogP contribution in [0.1, 0.15) is 77.0 Å². The predicted molar refractivity (Wildman–Crippen MR) is 111 cm³/mol. The van der Waals surface area contributed by atoms with E-state index in [1.807, 2.05) is 36.1 Å². The summed E-state index contributed by atoms with van der Waals surface area (Å²) in [5.74, 6) is 0.982. The van der Waals surface area contributed by atoms with E-state index >= 15 is 0 Å². The monoisotopic (exact) mass is 393 g/mol. The number of ketones is 1. The third-order valence-electron chi connectivity index (χ3n) is 5.80. The van der Waals surface area contributed by atoms with Gasteiger partial charge in [-0.05, 0) is 50.8 Å². The lowest BCUT2D eigenvalue weighted by Gasteiger charge is -2.30. The number of benzene rings is 1. The lowest BCUT2D eigenvalue weighted by atomic mass is 9.95. The van der Waals surface area contributed by atoms with E-state index < -0.39 is 0 Å². The fraction of sp³-hybridized carbons (Fsp3) is 0.435. The molecule has 152 valence electrons. The molecule has 0 aliphatic carbocycles. The molecule has 1 aliphatic heterocycles. The summed E-state index contributed by atoms with van der Waals surface area (Å²) in [7, 11) is 0. The summed E-state index contributed by atoms with van der Waals surface area (Å²) in [5.41, 5.74) is 4.59. The van der Waals surface area contributed by atoms with Gasteiger partial charge in [0, 0.05) is 30.3 Å². The molecule has 0 radical (unpaired) electrons. The molecular formula is C23H27N3O3. The minimum absolute atomic E-state index is 0.0101. The van der Waals surface area contributed by atoms with E-state index in [4.69, 9.17) is 4.42 Å². The van der Waals surface area contributed by atoms with Gasteiger partial charge in [-0.15, -0.1) is 0 Å². The molecule has 3 aromatic rings. The first-order valence-corrected chi connectivity index (χ1v) is 10.4. The molecule has 1 aromatic carbocycles. The van der Waals surface area contributed by atoms with Crippen LogP contribution in [0.5, 0.6) is 0 Å². The number of amides is 1. The number of aromatic nitrogens is 2. The first-order chi connectivity index (χ1) is 14.0. The lowest BCUT2D eigenvalue weighted by molar-refractivity contribution is 0.0700. The summed E-state index contributed by atoms with van der Waals surface area (Å²) in [5, 5.41) is 0. The second-order valence-corrected chi connectivity index (χ2v) is 7.87. The normalized spacial score (nSPS) is 15.2. The van der Waals surface area contributed by atoms with Crippen molar-refractivity contribution >= 4 is 22.8 Å². The minimum atomic E-state index is -0.0138. The second kappa shape index (κ2) is 7.85. The Balaban J connectivity index is 1.50. The maximum atomic E-state index is 13.2. The van der Waals surface area contributed by atoms with Crippen LogP contribution in [0.25, 0.3) is 11.1 Å². The number of rotatable bonds is 5. The Bertz CT molecular complexity index is 1020. The van der Waals surface area contributed by atoms with Gasteiger partial charge in [0.15, 0.2) is 17.3 Å². The van der Waals surface area contributed by atoms with Gasteiger partial charge >= 0.3 is 0 Å². The Hall–Kier alpha value is -2.89. The highest BCUT2D eigenvalue weighted by atomic mass is 16.3. The van der Waals surface area contributed by atoms with Crippen LogP contribution in [0.15, 0.2) is 28.7 Å². The molecule has 0 unspecified atom stereocenters. The Morgan fingerprint density at radius 1 is 1.24 bits per heavy atom. The molecule has 1 saturated heterocycles. The number of oxazole rings is 1. The Morgan fingerprint density at radius 3 is 2.62 bits per heavy atom. The van der Waals surface area contributed by atoms with Gasteiger partial charge in [-0.1, -0.05) is 25.5 Å². The zero-order valence-corrected chi connectivity index (χ0v) is 17.2. The van der Waals surface area contributed by atoms with Gasteiger partial charge in [-0.2, -0.15) is 0 Å². The highest BCUT2D eigenvalue weighted by Gasteiger charge is 2.30. The van der Waals surface area contributed by atoms with E-state index in [1.165, 1.54) is 0 Å². The number of para-hydroxylation sites is 2. The maximum absolute atomic E-state index is 13.2. The average molecular weight is 393 g/mol. The van der Waals surface area contributed by atoms with Crippen LogP contribution in [-0.4, -0.2) is 39.6 Å². The van der Waals surface area contributed by atoms with E-state index in [-0.39, 0.29) is 17.6 Å². The number of nitrogens with zero attached hydrogens (tertiary/aromatic N) is 2. The molecule has 0 atom stereocenters. The number of piperidine rings is 1. The van der Waals surface area contributed by atoms with Crippen LogP contribution in [0, 0.1) is 6.92 Å². The van der Waals surface area contributed by atoms with Crippen LogP contribution < -0.4 is 0 Å². The molecule has 0 spiro atoms. The summed E-state index contributed by atoms with van der Waals surface area (Å²) >= 11 is 0. The average Bonchev–Trinajstić information content (AvgIpc) is 3.29. The fourth-order valence-corrected chi connectivity index (χ4v) is 4.39. The molecule has 6 heteroatoms. The van der Waals surface area contributed by atoms with Crippen LogP contribution in [0.3, 0.4) is 0 Å². The number of H-pyrrole nitrogens is 1. The zero-order chi connectivity index (χ0) is 20.5. The molecule has 4 rings (SSSR count). The SMILES string of the molecule is CCCc1c(C(=O)N2CCC(c3nc4ccccc4o3)CC2)[nH]c(C)c1C(C)=O. The standard InChI is InChI=1S/C23H27N3O3/c1-4-7-17-20(15(3)27)14(2)24-21(17)23(28)26-12-10-16(11-13-26)22-25-18-8-5-6-9-19(18)29-22/h5-6,8-9,16,24H,4,7,10-13H2,1-3H3. The molecule has 0 bridgehead atoms. The summed E-state index contributed by atoms with van der Waals surface area (Å²) in [6.45, 7) is 6.80. The van der Waals surface area contributed by atoms with Crippen LogP contribution in [0.4, 0.5) is 0 Å². The number of hydrogen-bond donors (Lipinski definition) is 1. The van der Waals surface area contributed by atoms with Gasteiger partial charge in [0.05, 0.1) is 0 Å². The topological polar surface area (TPSA) is 79.2 Å². The Labute approximate surface area is 170 Å². The molecule has 0 saturated carbocycles. The summed E-state index contributed by atoms with van der Waals surface area (Å²) in [6, 6.07) is 7.79. The number of fused-ring (bicyclic) bond motifs is 1. The molecule has 6 nitrogen and oxygen atoms in total. The number of carbonyl (C=O) groups is 2. The quantitative estimate of drug-likeness (QED) is 0.641. The van der Waals surface area contributed by atoms with Crippen molar-refractivity contribution in [3.05, 3.63) is 52.7 Å². The Morgan fingerprint density at radius 2 is 1.97 bits per heavy atom. The van der Waals surface area contributed by atoms with Crippen molar-refractivity contribution in [2.24, 2.45) is 0 Å².